The number of benzene rings is 1. The van der Waals surface area contributed by atoms with Crippen molar-refractivity contribution >= 4 is 34.8 Å². The summed E-state index contributed by atoms with van der Waals surface area (Å²) in [6.45, 7) is 0. The summed E-state index contributed by atoms with van der Waals surface area (Å²) in [6.07, 6.45) is 0. The summed E-state index contributed by atoms with van der Waals surface area (Å²) in [5.74, 6) is 5.76. The maximum absolute atomic E-state index is 5.84. The van der Waals surface area contributed by atoms with Crippen molar-refractivity contribution in [2.45, 2.75) is 0 Å². The molecular formula is C9H5Cl3. The molecule has 0 N–H and O–H groups in total. The SMILES string of the molecule is ClCC#Cc1c(Cl)cccc1Cl. The number of hydrogen-bond acceptors (Lipinski definition) is 0. The summed E-state index contributed by atoms with van der Waals surface area (Å²) in [4.78, 5) is 0. The van der Waals surface area contributed by atoms with Crippen LogP contribution >= 0.6 is 34.8 Å². The number of alkyl halides is 1. The highest BCUT2D eigenvalue weighted by Gasteiger charge is 2.00. The molecule has 12 heavy (non-hydrogen) atoms. The molecule has 0 aromatic heterocycles. The Labute approximate surface area is 86.4 Å². The van der Waals surface area contributed by atoms with Gasteiger partial charge in [-0.15, -0.1) is 11.6 Å². The first-order valence-corrected chi connectivity index (χ1v) is 4.53. The van der Waals surface area contributed by atoms with Crippen LogP contribution in [0.5, 0.6) is 0 Å². The molecule has 0 amide bonds. The zero-order valence-corrected chi connectivity index (χ0v) is 8.34. The van der Waals surface area contributed by atoms with Crippen LogP contribution in [-0.4, -0.2) is 5.88 Å². The van der Waals surface area contributed by atoms with E-state index in [1.54, 1.807) is 18.2 Å². The van der Waals surface area contributed by atoms with Crippen LogP contribution in [0.4, 0.5) is 0 Å². The zero-order valence-electron chi connectivity index (χ0n) is 6.07. The largest absolute Gasteiger partial charge is 0.113 e. The Bertz CT molecular complexity index is 313. The summed E-state index contributed by atoms with van der Waals surface area (Å²) in [5, 5.41) is 1.11. The van der Waals surface area contributed by atoms with E-state index in [0.717, 1.165) is 0 Å². The first kappa shape index (κ1) is 9.74. The fraction of sp³-hybridized carbons (Fsp3) is 0.111. The van der Waals surface area contributed by atoms with Crippen molar-refractivity contribution in [3.63, 3.8) is 0 Å². The molecule has 0 aliphatic rings. The van der Waals surface area contributed by atoms with Crippen LogP contribution in [0, 0.1) is 11.8 Å². The van der Waals surface area contributed by atoms with E-state index in [9.17, 15) is 0 Å². The molecule has 0 nitrogen and oxygen atoms in total. The summed E-state index contributed by atoms with van der Waals surface area (Å²) in [7, 11) is 0. The van der Waals surface area contributed by atoms with Gasteiger partial charge in [-0.25, -0.2) is 0 Å². The lowest BCUT2D eigenvalue weighted by molar-refractivity contribution is 1.64. The van der Waals surface area contributed by atoms with Crippen molar-refractivity contribution in [1.82, 2.24) is 0 Å². The lowest BCUT2D eigenvalue weighted by atomic mass is 10.2. The van der Waals surface area contributed by atoms with Gasteiger partial charge in [-0.1, -0.05) is 41.1 Å². The second-order valence-electron chi connectivity index (χ2n) is 2.03. The van der Waals surface area contributed by atoms with Crippen LogP contribution in [0.1, 0.15) is 5.56 Å². The average Bonchev–Trinajstić information content (AvgIpc) is 2.04. The van der Waals surface area contributed by atoms with Gasteiger partial charge >= 0.3 is 0 Å². The molecule has 0 saturated heterocycles. The van der Waals surface area contributed by atoms with Crippen LogP contribution in [0.25, 0.3) is 0 Å². The monoisotopic (exact) mass is 218 g/mol. The van der Waals surface area contributed by atoms with E-state index in [1.807, 2.05) is 0 Å². The van der Waals surface area contributed by atoms with Crippen LogP contribution in [-0.2, 0) is 0 Å². The smallest absolute Gasteiger partial charge is 0.0839 e. The Balaban J connectivity index is 3.13. The Hall–Kier alpha value is -0.350. The van der Waals surface area contributed by atoms with E-state index in [1.165, 1.54) is 0 Å². The van der Waals surface area contributed by atoms with Crippen LogP contribution in [0.15, 0.2) is 18.2 Å². The van der Waals surface area contributed by atoms with E-state index < -0.39 is 0 Å². The van der Waals surface area contributed by atoms with Gasteiger partial charge in [0.25, 0.3) is 0 Å². The quantitative estimate of drug-likeness (QED) is 0.462. The third-order valence-electron chi connectivity index (χ3n) is 1.24. The van der Waals surface area contributed by atoms with Crippen LogP contribution in [0.3, 0.4) is 0 Å². The fourth-order valence-corrected chi connectivity index (χ4v) is 1.30. The van der Waals surface area contributed by atoms with Crippen molar-refractivity contribution in [2.75, 3.05) is 5.88 Å². The molecule has 0 aliphatic carbocycles. The molecule has 0 saturated carbocycles. The lowest BCUT2D eigenvalue weighted by Crippen LogP contribution is -1.78. The second kappa shape index (κ2) is 4.62. The van der Waals surface area contributed by atoms with Gasteiger partial charge in [-0.3, -0.25) is 0 Å². The first-order valence-electron chi connectivity index (χ1n) is 3.24. The molecule has 0 heterocycles. The number of halogens is 3. The standard InChI is InChI=1S/C9H5Cl3/c10-6-2-3-7-8(11)4-1-5-9(7)12/h1,4-5H,6H2. The van der Waals surface area contributed by atoms with Crippen molar-refractivity contribution in [3.05, 3.63) is 33.8 Å². The van der Waals surface area contributed by atoms with Gasteiger partial charge < -0.3 is 0 Å². The summed E-state index contributed by atoms with van der Waals surface area (Å²) >= 11 is 17.1. The highest BCUT2D eigenvalue weighted by molar-refractivity contribution is 6.36. The Morgan fingerprint density at radius 3 is 2.25 bits per heavy atom. The molecule has 0 spiro atoms. The van der Waals surface area contributed by atoms with Crippen molar-refractivity contribution < 1.29 is 0 Å². The van der Waals surface area contributed by atoms with Gasteiger partial charge in [0.05, 0.1) is 21.5 Å². The van der Waals surface area contributed by atoms with Crippen molar-refractivity contribution in [2.24, 2.45) is 0 Å². The van der Waals surface area contributed by atoms with Gasteiger partial charge in [-0.2, -0.15) is 0 Å². The summed E-state index contributed by atoms with van der Waals surface area (Å²) in [5.41, 5.74) is 0.640. The van der Waals surface area contributed by atoms with Gasteiger partial charge in [-0.05, 0) is 12.1 Å². The summed E-state index contributed by atoms with van der Waals surface area (Å²) in [6, 6.07) is 5.26. The zero-order chi connectivity index (χ0) is 8.97. The minimum Gasteiger partial charge on any atom is -0.113 e. The van der Waals surface area contributed by atoms with E-state index in [0.29, 0.717) is 15.6 Å². The molecule has 0 radical (unpaired) electrons. The molecule has 0 bridgehead atoms. The predicted octanol–water partition coefficient (Wildman–Crippen LogP) is 3.58. The average molecular weight is 219 g/mol. The van der Waals surface area contributed by atoms with Gasteiger partial charge in [0, 0.05) is 0 Å². The van der Waals surface area contributed by atoms with Gasteiger partial charge in [0.1, 0.15) is 0 Å². The molecular weight excluding hydrogens is 214 g/mol. The van der Waals surface area contributed by atoms with E-state index in [4.69, 9.17) is 34.8 Å². The third kappa shape index (κ3) is 2.32. The van der Waals surface area contributed by atoms with Crippen LogP contribution in [0.2, 0.25) is 10.0 Å². The second-order valence-corrected chi connectivity index (χ2v) is 3.11. The maximum Gasteiger partial charge on any atom is 0.0839 e. The molecule has 0 fully saturated rings. The molecule has 0 unspecified atom stereocenters. The molecule has 3 heteroatoms. The Morgan fingerprint density at radius 2 is 1.75 bits per heavy atom. The highest BCUT2D eigenvalue weighted by atomic mass is 35.5. The van der Waals surface area contributed by atoms with Crippen molar-refractivity contribution in [1.29, 1.82) is 0 Å². The van der Waals surface area contributed by atoms with Gasteiger partial charge in [0.15, 0.2) is 0 Å². The first-order chi connectivity index (χ1) is 5.75. The van der Waals surface area contributed by atoms with Crippen LogP contribution < -0.4 is 0 Å². The van der Waals surface area contributed by atoms with E-state index in [2.05, 4.69) is 11.8 Å². The minimum atomic E-state index is 0.279. The van der Waals surface area contributed by atoms with E-state index in [-0.39, 0.29) is 5.88 Å². The maximum atomic E-state index is 5.84. The lowest BCUT2D eigenvalue weighted by Gasteiger charge is -1.96. The van der Waals surface area contributed by atoms with Gasteiger partial charge in [0.2, 0.25) is 0 Å². The minimum absolute atomic E-state index is 0.279. The Morgan fingerprint density at radius 1 is 1.17 bits per heavy atom. The molecule has 0 atom stereocenters. The number of rotatable bonds is 0. The fourth-order valence-electron chi connectivity index (χ4n) is 0.739. The Kier molecular flexibility index (Phi) is 3.75. The predicted molar refractivity (Wildman–Crippen MR) is 54.1 cm³/mol. The normalized spacial score (nSPS) is 8.92. The molecule has 1 aromatic rings. The number of hydrogen-bond donors (Lipinski definition) is 0. The van der Waals surface area contributed by atoms with Crippen molar-refractivity contribution in [3.8, 4) is 11.8 Å². The molecule has 0 aliphatic heterocycles. The summed E-state index contributed by atoms with van der Waals surface area (Å²) < 4.78 is 0. The highest BCUT2D eigenvalue weighted by Crippen LogP contribution is 2.22. The third-order valence-corrected chi connectivity index (χ3v) is 2.01. The topological polar surface area (TPSA) is 0 Å². The molecule has 62 valence electrons. The molecule has 1 rings (SSSR count). The van der Waals surface area contributed by atoms with E-state index >= 15 is 0 Å². The molecule has 1 aromatic carbocycles.